The zero-order chi connectivity index (χ0) is 92.1. The Balaban J connectivity index is 1.08. The molecule has 0 aromatic heterocycles. The molecular weight excluding hydrogens is 1710 g/mol. The normalized spacial score (nSPS) is 48.7. The van der Waals surface area contributed by atoms with Gasteiger partial charge >= 0.3 is 0 Å². The Labute approximate surface area is 708 Å². The van der Waals surface area contributed by atoms with Crippen molar-refractivity contribution in [3.8, 4) is 0 Å². The summed E-state index contributed by atoms with van der Waals surface area (Å²) in [6.45, 7) is -4.42. The first kappa shape index (κ1) is 103. The molecule has 50 atom stereocenters. The summed E-state index contributed by atoms with van der Waals surface area (Å²) in [5.74, 6) is -4.80. The van der Waals surface area contributed by atoms with Crippen LogP contribution in [-0.2, 0) is 114 Å². The molecule has 10 aliphatic heterocycles. The molecule has 0 aliphatic carbocycles. The van der Waals surface area contributed by atoms with E-state index in [1.165, 1.54) is 6.92 Å². The van der Waals surface area contributed by atoms with Gasteiger partial charge in [0.1, 0.15) is 238 Å². The van der Waals surface area contributed by atoms with Gasteiger partial charge in [0.2, 0.25) is 29.5 Å². The molecule has 55 heteroatoms. The molecule has 0 radical (unpaired) electrons. The molecule has 10 heterocycles. The van der Waals surface area contributed by atoms with E-state index in [0.717, 1.165) is 34.6 Å². The number of aliphatic hydroxyl groups is 26. The average Bonchev–Trinajstić information content (AvgIpc) is 0.755. The predicted molar refractivity (Wildman–Crippen MR) is 386 cm³/mol. The van der Waals surface area contributed by atoms with Crippen LogP contribution in [0.15, 0.2) is 0 Å². The van der Waals surface area contributed by atoms with E-state index < -0.39 is 396 Å². The van der Waals surface area contributed by atoms with Gasteiger partial charge in [0, 0.05) is 34.6 Å². The minimum atomic E-state index is -2.78. The Morgan fingerprint density at radius 3 is 0.904 bits per heavy atom. The fourth-order valence-corrected chi connectivity index (χ4v) is 16.2. The second-order valence-corrected chi connectivity index (χ2v) is 31.7. The third-order valence-corrected chi connectivity index (χ3v) is 22.8. The van der Waals surface area contributed by atoms with Gasteiger partial charge in [-0.2, -0.15) is 0 Å². The minimum absolute atomic E-state index is 0.864. The second-order valence-electron chi connectivity index (χ2n) is 31.7. The molecule has 0 aromatic rings. The molecule has 10 fully saturated rings. The fourth-order valence-electron chi connectivity index (χ4n) is 16.2. The third-order valence-electron chi connectivity index (χ3n) is 22.8. The molecule has 55 nitrogen and oxygen atoms in total. The zero-order valence-corrected chi connectivity index (χ0v) is 67.7. The van der Waals surface area contributed by atoms with Gasteiger partial charge in [0.25, 0.3) is 0 Å². The first-order chi connectivity index (χ1) is 59.1. The lowest BCUT2D eigenvalue weighted by Gasteiger charge is -2.52. The highest BCUT2D eigenvalue weighted by Crippen LogP contribution is 2.42. The van der Waals surface area contributed by atoms with Crippen LogP contribution in [0.2, 0.25) is 0 Å². The monoisotopic (exact) mass is 1830 g/mol. The van der Waals surface area contributed by atoms with E-state index in [0.29, 0.717) is 0 Å². The van der Waals surface area contributed by atoms with Crippen LogP contribution in [-0.4, -0.2) is 529 Å². The van der Waals surface area contributed by atoms with E-state index in [2.05, 4.69) is 26.6 Å². The number of rotatable bonds is 32. The number of hydrogen-bond acceptors (Lipinski definition) is 50. The highest BCUT2D eigenvalue weighted by molar-refractivity contribution is 5.75. The van der Waals surface area contributed by atoms with E-state index >= 15 is 0 Å². The van der Waals surface area contributed by atoms with Gasteiger partial charge in [-0.05, 0) is 6.92 Å². The molecule has 0 saturated carbocycles. The Hall–Kier alpha value is -4.45. The Morgan fingerprint density at radius 1 is 0.224 bits per heavy atom. The lowest BCUT2D eigenvalue weighted by Crippen LogP contribution is -2.71. The second kappa shape index (κ2) is 44.9. The van der Waals surface area contributed by atoms with Crippen LogP contribution in [0.25, 0.3) is 0 Å². The van der Waals surface area contributed by atoms with Gasteiger partial charge < -0.3 is 249 Å². The number of hydrogen-bond donors (Lipinski definition) is 31. The standard InChI is InChI=1S/C70H117N5O50/c1-16-36(88)47(99)51(103)66(109-16)107-14-29-56(44(96)31(61(106)110-29)71-17(2)83)119-64-34(74-20(5)86)45(97)55(28(13-82)116-64)121-68-53(105)58(123-70-60(50(102)41(93)26(11-80)115-70)125-65-35(75-21(6)87)46(98)54(27(12-81)117-65)120-67-52(104)48(100)39(91)24(9-78)113-67)57(122-62-32(72-18(3)84)42(94)37(89)22(7-76)111-62)30(118-68)15-108-69-59(49(101)40(92)25(10-79)114-69)124-63-33(73-19(4)85)43(95)38(90)23(8-77)112-63/h16,22-70,76-82,88-106H,7-15H2,1-6H3,(H,71,83)(H,72,84)(H,73,85)(H,74,86)(H,75,87)/t16-,22-,23-,24-,25-,26-,27-,28-,29-,30-,31-,32+,33-,34-,35-,36+,37-,38-,39+,40-,41-,42-,43-,44-,45-,46-,47+,48+,49+,50+,51-,52-,53+,54-,55-,56-,57-,58-,59+,60+,61-,62+,63+,64+,65+,66+,67+,68+,69+,70-/m1/s1. The van der Waals surface area contributed by atoms with Gasteiger partial charge in [-0.15, -0.1) is 0 Å². The van der Waals surface area contributed by atoms with Crippen LogP contribution >= 0.6 is 0 Å². The summed E-state index contributed by atoms with van der Waals surface area (Å²) in [4.78, 5) is 65.0. The number of aliphatic hydroxyl groups excluding tert-OH is 26. The van der Waals surface area contributed by atoms with Crippen molar-refractivity contribution in [3.63, 3.8) is 0 Å². The maximum absolute atomic E-state index is 13.4. The third kappa shape index (κ3) is 23.1. The van der Waals surface area contributed by atoms with Gasteiger partial charge in [-0.3, -0.25) is 24.0 Å². The van der Waals surface area contributed by atoms with Crippen LogP contribution in [0.3, 0.4) is 0 Å². The first-order valence-corrected chi connectivity index (χ1v) is 40.0. The van der Waals surface area contributed by atoms with Crippen LogP contribution in [0, 0.1) is 0 Å². The lowest BCUT2D eigenvalue weighted by atomic mass is 9.93. The Bertz CT molecular complexity index is 3420. The number of carbonyl (C=O) groups excluding carboxylic acids is 5. The first-order valence-electron chi connectivity index (χ1n) is 40.0. The summed E-state index contributed by atoms with van der Waals surface area (Å²) in [7, 11) is 0. The highest BCUT2D eigenvalue weighted by atomic mass is 16.8. The Kier molecular flexibility index (Phi) is 36.8. The van der Waals surface area contributed by atoms with Gasteiger partial charge in [0.15, 0.2) is 62.9 Å². The van der Waals surface area contributed by atoms with Crippen molar-refractivity contribution < 1.29 is 247 Å². The molecule has 10 saturated heterocycles. The van der Waals surface area contributed by atoms with Crippen molar-refractivity contribution in [2.45, 2.75) is 348 Å². The highest BCUT2D eigenvalue weighted by Gasteiger charge is 2.62. The topological polar surface area (TPSA) is 847 Å². The van der Waals surface area contributed by atoms with E-state index in [4.69, 9.17) is 90.0 Å². The summed E-state index contributed by atoms with van der Waals surface area (Å²) in [6.07, 6.45) is -96.0. The summed E-state index contributed by atoms with van der Waals surface area (Å²) in [5, 5.41) is 305. The van der Waals surface area contributed by atoms with Crippen LogP contribution in [0.4, 0.5) is 0 Å². The molecular formula is C70H117N5O50. The molecule has 0 spiro atoms. The number of nitrogens with one attached hydrogen (secondary N) is 5. The van der Waals surface area contributed by atoms with Gasteiger partial charge in [-0.1, -0.05) is 0 Å². The van der Waals surface area contributed by atoms with Crippen LogP contribution < -0.4 is 26.6 Å². The minimum Gasteiger partial charge on any atom is -0.394 e. The van der Waals surface area contributed by atoms with Gasteiger partial charge in [-0.25, -0.2) is 0 Å². The van der Waals surface area contributed by atoms with Crippen molar-refractivity contribution in [1.29, 1.82) is 0 Å². The van der Waals surface area contributed by atoms with Crippen LogP contribution in [0.5, 0.6) is 0 Å². The molecule has 10 rings (SSSR count). The van der Waals surface area contributed by atoms with Crippen molar-refractivity contribution in [1.82, 2.24) is 26.6 Å². The maximum atomic E-state index is 13.4. The van der Waals surface area contributed by atoms with Crippen molar-refractivity contribution in [2.75, 3.05) is 59.5 Å². The molecule has 125 heavy (non-hydrogen) atoms. The quantitative estimate of drug-likeness (QED) is 0.0297. The van der Waals surface area contributed by atoms with Crippen molar-refractivity contribution in [3.05, 3.63) is 0 Å². The summed E-state index contributed by atoms with van der Waals surface area (Å²) < 4.78 is 116. The van der Waals surface area contributed by atoms with E-state index in [1.54, 1.807) is 0 Å². The van der Waals surface area contributed by atoms with Crippen molar-refractivity contribution >= 4 is 29.5 Å². The molecule has 0 unspecified atom stereocenters. The predicted octanol–water partition coefficient (Wildman–Crippen LogP) is -21.1. The van der Waals surface area contributed by atoms with E-state index in [9.17, 15) is 157 Å². The number of amides is 5. The number of ether oxygens (including phenoxy) is 19. The van der Waals surface area contributed by atoms with Crippen molar-refractivity contribution in [2.24, 2.45) is 0 Å². The summed E-state index contributed by atoms with van der Waals surface area (Å²) in [5.41, 5.74) is 0. The molecule has 5 amide bonds. The lowest BCUT2D eigenvalue weighted by molar-refractivity contribution is -0.408. The average molecular weight is 1830 g/mol. The zero-order valence-electron chi connectivity index (χ0n) is 67.7. The maximum Gasteiger partial charge on any atom is 0.217 e. The van der Waals surface area contributed by atoms with E-state index in [1.807, 2.05) is 0 Å². The SMILES string of the molecule is CC(=O)N[C@@H]1[C@H](O[C@H]2[C@H](O[C@H]3O[C@H](CO)[C@@H](O)[C@H](O)[C@@H]3O[C@@H]3O[C@H](CO)[C@@H](O[C@@H]4O[C@H](CO)[C@H](O)[C@H](O)[C@H]4O)[C@H](O)[C@H]3NC(C)=O)[C@H](O)[C@H](O[C@H]3[C@H](O)[C@@H](NC(C)=O)[C@H](O[C@H]4[C@H](O)[C@@H](NC(C)=O)[C@H](O)O[C@@H]4CO[C@H]4O[C@H](C)[C@H](O)[C@H](O)[C@H]4O)O[C@@H]3CO)O[C@@H]2CO[C@H]2O[C@H](CO)[C@@H](O)[C@H](O)[C@@H]2O[C@@H]2O[C@H](CO)[C@@H](O)[C@H](O)[C@H]2NC(C)=O)O[C@H](CO)[C@@H](O)[C@@H]1O. The molecule has 10 aliphatic rings. The van der Waals surface area contributed by atoms with E-state index in [-0.39, 0.29) is 0 Å². The summed E-state index contributed by atoms with van der Waals surface area (Å²) >= 11 is 0. The van der Waals surface area contributed by atoms with Gasteiger partial charge in [0.05, 0.1) is 65.6 Å². The Morgan fingerprint density at radius 2 is 0.488 bits per heavy atom. The summed E-state index contributed by atoms with van der Waals surface area (Å²) in [6, 6.07) is -9.78. The largest absolute Gasteiger partial charge is 0.394 e. The number of carbonyl (C=O) groups is 5. The molecule has 31 N–H and O–H groups in total. The smallest absolute Gasteiger partial charge is 0.217 e. The fraction of sp³-hybridized carbons (Fsp3) is 0.929. The van der Waals surface area contributed by atoms with Crippen LogP contribution in [0.1, 0.15) is 41.5 Å². The molecule has 0 aromatic carbocycles. The molecule has 0 bridgehead atoms. The molecule has 722 valence electrons.